The van der Waals surface area contributed by atoms with E-state index in [-0.39, 0.29) is 11.7 Å². The Morgan fingerprint density at radius 1 is 1.05 bits per heavy atom. The summed E-state index contributed by atoms with van der Waals surface area (Å²) in [6, 6.07) is 15.3. The van der Waals surface area contributed by atoms with E-state index in [4.69, 9.17) is 4.74 Å². The summed E-state index contributed by atoms with van der Waals surface area (Å²) in [5, 5.41) is 0.764. The number of nitrogens with zero attached hydrogens (tertiary/aromatic N) is 1. The van der Waals surface area contributed by atoms with Crippen molar-refractivity contribution in [3.05, 3.63) is 58.9 Å². The van der Waals surface area contributed by atoms with Crippen molar-refractivity contribution in [2.45, 2.75) is 20.0 Å². The average molecular weight is 285 g/mol. The van der Waals surface area contributed by atoms with E-state index in [9.17, 15) is 4.79 Å². The normalized spacial score (nSPS) is 11.2. The summed E-state index contributed by atoms with van der Waals surface area (Å²) in [4.78, 5) is 12.3. The van der Waals surface area contributed by atoms with Gasteiger partial charge in [0.1, 0.15) is 5.75 Å². The molecule has 1 heterocycles. The molecule has 0 saturated carbocycles. The lowest BCUT2D eigenvalue weighted by Crippen LogP contribution is -2.10. The van der Waals surface area contributed by atoms with Crippen LogP contribution in [0.15, 0.2) is 53.3 Å². The second-order valence-electron chi connectivity index (χ2n) is 4.85. The van der Waals surface area contributed by atoms with Crippen LogP contribution in [0.4, 0.5) is 0 Å². The summed E-state index contributed by atoms with van der Waals surface area (Å²) in [7, 11) is 0. The Hall–Kier alpha value is -2.07. The molecular weight excluding hydrogens is 270 g/mol. The minimum Gasteiger partial charge on any atom is -0.491 e. The second kappa shape index (κ2) is 5.13. The molecule has 3 rings (SSSR count). The Balaban J connectivity index is 2.03. The first kappa shape index (κ1) is 12.9. The van der Waals surface area contributed by atoms with E-state index in [1.807, 2.05) is 62.4 Å². The Kier molecular flexibility index (Phi) is 3.32. The molecule has 0 bridgehead atoms. The minimum atomic E-state index is 0.0307. The summed E-state index contributed by atoms with van der Waals surface area (Å²) in [5.41, 5.74) is 0.899. The maximum atomic E-state index is 12.3. The molecule has 0 aliphatic rings. The lowest BCUT2D eigenvalue weighted by Gasteiger charge is -2.09. The number of hydrogen-bond donors (Lipinski definition) is 0. The van der Waals surface area contributed by atoms with Gasteiger partial charge in [0.05, 0.1) is 21.9 Å². The highest BCUT2D eigenvalue weighted by atomic mass is 32.1. The zero-order chi connectivity index (χ0) is 14.1. The lowest BCUT2D eigenvalue weighted by atomic mass is 10.3. The van der Waals surface area contributed by atoms with Crippen LogP contribution in [0.3, 0.4) is 0 Å². The van der Waals surface area contributed by atoms with Gasteiger partial charge in [-0.05, 0) is 50.2 Å². The van der Waals surface area contributed by atoms with Crippen LogP contribution in [0.1, 0.15) is 13.8 Å². The van der Waals surface area contributed by atoms with Crippen molar-refractivity contribution < 1.29 is 4.74 Å². The summed E-state index contributed by atoms with van der Waals surface area (Å²) >= 11 is 1.46. The molecule has 1 aromatic heterocycles. The summed E-state index contributed by atoms with van der Waals surface area (Å²) in [6.07, 6.45) is 0.146. The van der Waals surface area contributed by atoms with E-state index in [0.717, 1.165) is 21.5 Å². The third-order valence-corrected chi connectivity index (χ3v) is 4.05. The topological polar surface area (TPSA) is 31.2 Å². The van der Waals surface area contributed by atoms with Gasteiger partial charge in [0.15, 0.2) is 0 Å². The highest BCUT2D eigenvalue weighted by Gasteiger charge is 2.08. The van der Waals surface area contributed by atoms with E-state index in [1.165, 1.54) is 11.5 Å². The molecule has 0 fully saturated rings. The molecule has 0 spiro atoms. The molecule has 0 N–H and O–H groups in total. The smallest absolute Gasteiger partial charge is 0.273 e. The van der Waals surface area contributed by atoms with Gasteiger partial charge in [-0.3, -0.25) is 4.79 Å². The molecule has 0 aliphatic heterocycles. The second-order valence-corrected chi connectivity index (χ2v) is 5.84. The highest BCUT2D eigenvalue weighted by molar-refractivity contribution is 7.14. The van der Waals surface area contributed by atoms with Gasteiger partial charge in [0.25, 0.3) is 5.56 Å². The fourth-order valence-electron chi connectivity index (χ4n) is 2.07. The van der Waals surface area contributed by atoms with E-state index < -0.39 is 0 Å². The fourth-order valence-corrected chi connectivity index (χ4v) is 3.07. The summed E-state index contributed by atoms with van der Waals surface area (Å²) < 4.78 is 8.32. The molecule has 0 aliphatic carbocycles. The van der Waals surface area contributed by atoms with Crippen LogP contribution >= 0.6 is 11.5 Å². The number of fused-ring (bicyclic) bond motifs is 1. The summed E-state index contributed by atoms with van der Waals surface area (Å²) in [5.74, 6) is 0.818. The van der Waals surface area contributed by atoms with Crippen molar-refractivity contribution >= 4 is 21.6 Å². The number of benzene rings is 2. The molecule has 102 valence electrons. The van der Waals surface area contributed by atoms with Crippen LogP contribution < -0.4 is 10.3 Å². The highest BCUT2D eigenvalue weighted by Crippen LogP contribution is 2.21. The maximum absolute atomic E-state index is 12.3. The Morgan fingerprint density at radius 3 is 2.40 bits per heavy atom. The molecule has 20 heavy (non-hydrogen) atoms. The molecule has 0 saturated heterocycles. The zero-order valence-corrected chi connectivity index (χ0v) is 12.2. The first-order valence-electron chi connectivity index (χ1n) is 6.53. The van der Waals surface area contributed by atoms with Crippen molar-refractivity contribution in [2.24, 2.45) is 0 Å². The van der Waals surface area contributed by atoms with Crippen molar-refractivity contribution in [2.75, 3.05) is 0 Å². The van der Waals surface area contributed by atoms with Gasteiger partial charge >= 0.3 is 0 Å². The van der Waals surface area contributed by atoms with Crippen molar-refractivity contribution in [3.8, 4) is 11.4 Å². The van der Waals surface area contributed by atoms with Crippen LogP contribution in [0.25, 0.3) is 15.8 Å². The third-order valence-electron chi connectivity index (χ3n) is 2.93. The monoisotopic (exact) mass is 285 g/mol. The minimum absolute atomic E-state index is 0.0307. The van der Waals surface area contributed by atoms with Crippen LogP contribution in [0, 0.1) is 0 Å². The summed E-state index contributed by atoms with van der Waals surface area (Å²) in [6.45, 7) is 3.98. The largest absolute Gasteiger partial charge is 0.491 e. The fraction of sp³-hybridized carbons (Fsp3) is 0.188. The maximum Gasteiger partial charge on any atom is 0.273 e. The molecular formula is C16H15NO2S. The number of aromatic nitrogens is 1. The number of hydrogen-bond acceptors (Lipinski definition) is 3. The van der Waals surface area contributed by atoms with Crippen LogP contribution in [-0.4, -0.2) is 10.1 Å². The average Bonchev–Trinajstić information content (AvgIpc) is 2.77. The lowest BCUT2D eigenvalue weighted by molar-refractivity contribution is 0.242. The van der Waals surface area contributed by atoms with Gasteiger partial charge in [-0.1, -0.05) is 23.7 Å². The molecule has 0 radical (unpaired) electrons. The molecule has 2 aromatic carbocycles. The Morgan fingerprint density at radius 2 is 1.75 bits per heavy atom. The van der Waals surface area contributed by atoms with Crippen LogP contribution in [0.5, 0.6) is 5.75 Å². The van der Waals surface area contributed by atoms with Crippen LogP contribution in [0.2, 0.25) is 0 Å². The van der Waals surface area contributed by atoms with E-state index in [1.54, 1.807) is 3.96 Å². The van der Waals surface area contributed by atoms with Crippen molar-refractivity contribution in [1.82, 2.24) is 3.96 Å². The van der Waals surface area contributed by atoms with Gasteiger partial charge in [-0.25, -0.2) is 3.96 Å². The van der Waals surface area contributed by atoms with Crippen LogP contribution in [-0.2, 0) is 0 Å². The van der Waals surface area contributed by atoms with Gasteiger partial charge in [0, 0.05) is 0 Å². The van der Waals surface area contributed by atoms with E-state index >= 15 is 0 Å². The predicted octanol–water partition coefficient (Wildman–Crippen LogP) is 3.84. The van der Waals surface area contributed by atoms with Crippen molar-refractivity contribution in [3.63, 3.8) is 0 Å². The van der Waals surface area contributed by atoms with Gasteiger partial charge < -0.3 is 4.74 Å². The van der Waals surface area contributed by atoms with Gasteiger partial charge in [0.2, 0.25) is 0 Å². The zero-order valence-electron chi connectivity index (χ0n) is 11.4. The molecule has 3 nitrogen and oxygen atoms in total. The van der Waals surface area contributed by atoms with Gasteiger partial charge in [-0.15, -0.1) is 0 Å². The van der Waals surface area contributed by atoms with Crippen molar-refractivity contribution in [1.29, 1.82) is 0 Å². The molecule has 0 atom stereocenters. The number of rotatable bonds is 3. The predicted molar refractivity (Wildman–Crippen MR) is 83.2 cm³/mol. The Labute approximate surface area is 121 Å². The van der Waals surface area contributed by atoms with E-state index in [0.29, 0.717) is 0 Å². The first-order valence-corrected chi connectivity index (χ1v) is 7.30. The Bertz CT molecular complexity index is 784. The molecule has 0 amide bonds. The molecule has 3 aromatic rings. The molecule has 0 unspecified atom stereocenters. The van der Waals surface area contributed by atoms with E-state index in [2.05, 4.69) is 0 Å². The SMILES string of the molecule is CC(C)Oc1ccc(-n2sc3ccccc3c2=O)cc1. The number of ether oxygens (including phenoxy) is 1. The van der Waals surface area contributed by atoms with Gasteiger partial charge in [-0.2, -0.15) is 0 Å². The first-order chi connectivity index (χ1) is 9.65. The standard InChI is InChI=1S/C16H15NO2S/c1-11(2)19-13-9-7-12(8-10-13)17-16(18)14-5-3-4-6-15(14)20-17/h3-11H,1-2H3. The third kappa shape index (κ3) is 2.34. The quantitative estimate of drug-likeness (QED) is 0.732. The molecule has 4 heteroatoms.